The number of hydrogen-bond donors (Lipinski definition) is 2. The number of benzene rings is 2. The minimum absolute atomic E-state index is 0.0416. The molecule has 0 radical (unpaired) electrons. The molecule has 2 heterocycles. The number of carbonyl (C=O) groups excluding carboxylic acids is 1. The lowest BCUT2D eigenvalue weighted by atomic mass is 10.1. The first-order valence-electron chi connectivity index (χ1n) is 10.1. The average Bonchev–Trinajstić information content (AvgIpc) is 3.22. The molecular formula is C23H21N5O4S. The Morgan fingerprint density at radius 2 is 1.85 bits per heavy atom. The van der Waals surface area contributed by atoms with Crippen molar-refractivity contribution in [1.29, 1.82) is 0 Å². The zero-order chi connectivity index (χ0) is 23.9. The van der Waals surface area contributed by atoms with Gasteiger partial charge in [-0.15, -0.1) is 0 Å². The molecule has 33 heavy (non-hydrogen) atoms. The zero-order valence-electron chi connectivity index (χ0n) is 18.2. The van der Waals surface area contributed by atoms with Crippen LogP contribution in [0.4, 0.5) is 5.69 Å². The lowest BCUT2D eigenvalue weighted by Crippen LogP contribution is -2.31. The first-order chi connectivity index (χ1) is 15.7. The molecule has 2 N–H and O–H groups in total. The van der Waals surface area contributed by atoms with Crippen molar-refractivity contribution >= 4 is 41.1 Å². The van der Waals surface area contributed by atoms with Crippen LogP contribution in [0.2, 0.25) is 0 Å². The van der Waals surface area contributed by atoms with Gasteiger partial charge in [-0.25, -0.2) is 14.5 Å². The number of aryl methyl sites for hydroxylation is 3. The third-order valence-corrected chi connectivity index (χ3v) is 5.88. The number of anilines is 1. The van der Waals surface area contributed by atoms with Gasteiger partial charge in [0.15, 0.2) is 0 Å². The van der Waals surface area contributed by atoms with Crippen molar-refractivity contribution in [3.8, 4) is 5.69 Å². The predicted octanol–water partition coefficient (Wildman–Crippen LogP) is 2.76. The minimum atomic E-state index is -1.10. The van der Waals surface area contributed by atoms with E-state index in [1.807, 2.05) is 32.0 Å². The maximum absolute atomic E-state index is 13.0. The first kappa shape index (κ1) is 22.2. The van der Waals surface area contributed by atoms with Crippen LogP contribution < -0.4 is 10.5 Å². The van der Waals surface area contributed by atoms with Gasteiger partial charge in [0.2, 0.25) is 5.11 Å². The summed E-state index contributed by atoms with van der Waals surface area (Å²) < 4.78 is 1.44. The Bertz CT molecular complexity index is 1390. The molecular weight excluding hydrogens is 442 g/mol. The summed E-state index contributed by atoms with van der Waals surface area (Å²) in [5.74, 6) is -1.45. The molecule has 1 amide bonds. The largest absolute Gasteiger partial charge is 0.478 e. The average molecular weight is 464 g/mol. The second-order valence-corrected chi connectivity index (χ2v) is 8.09. The van der Waals surface area contributed by atoms with E-state index in [1.54, 1.807) is 19.1 Å². The van der Waals surface area contributed by atoms with Gasteiger partial charge in [0.25, 0.3) is 11.5 Å². The van der Waals surface area contributed by atoms with Crippen LogP contribution >= 0.6 is 12.2 Å². The Hall–Kier alpha value is -4.05. The number of carboxylic acid groups (broad SMARTS) is 1. The Kier molecular flexibility index (Phi) is 5.69. The molecule has 1 saturated heterocycles. The van der Waals surface area contributed by atoms with E-state index in [9.17, 15) is 19.5 Å². The van der Waals surface area contributed by atoms with Crippen LogP contribution in [0.1, 0.15) is 32.7 Å². The number of rotatable bonds is 5. The maximum Gasteiger partial charge on any atom is 0.335 e. The van der Waals surface area contributed by atoms with E-state index in [-0.39, 0.29) is 28.7 Å². The van der Waals surface area contributed by atoms with Crippen LogP contribution in [0.15, 0.2) is 52.4 Å². The molecule has 10 heteroatoms. The lowest BCUT2D eigenvalue weighted by molar-refractivity contribution is -0.116. The van der Waals surface area contributed by atoms with Gasteiger partial charge < -0.3 is 5.11 Å². The van der Waals surface area contributed by atoms with Crippen LogP contribution in [0, 0.1) is 20.8 Å². The fourth-order valence-corrected chi connectivity index (χ4v) is 3.82. The smallest absolute Gasteiger partial charge is 0.335 e. The molecule has 0 saturated carbocycles. The number of carbonyl (C=O) groups is 2. The number of nitrogens with zero attached hydrogens (tertiary/aromatic N) is 4. The number of H-pyrrole nitrogens is 1. The van der Waals surface area contributed by atoms with Gasteiger partial charge >= 0.3 is 5.97 Å². The topological polar surface area (TPSA) is 111 Å². The van der Waals surface area contributed by atoms with E-state index in [4.69, 9.17) is 12.2 Å². The minimum Gasteiger partial charge on any atom is -0.478 e. The highest BCUT2D eigenvalue weighted by atomic mass is 32.1. The molecule has 0 atom stereocenters. The molecule has 3 aromatic rings. The van der Waals surface area contributed by atoms with Crippen LogP contribution in [0.25, 0.3) is 5.69 Å². The fraction of sp³-hybridized carbons (Fsp3) is 0.174. The van der Waals surface area contributed by atoms with Gasteiger partial charge in [0.1, 0.15) is 6.54 Å². The monoisotopic (exact) mass is 463 g/mol. The van der Waals surface area contributed by atoms with Crippen molar-refractivity contribution in [3.05, 3.63) is 80.8 Å². The summed E-state index contributed by atoms with van der Waals surface area (Å²) in [6.45, 7) is 5.62. The number of aromatic carboxylic acids is 1. The van der Waals surface area contributed by atoms with Crippen molar-refractivity contribution in [2.45, 2.75) is 20.8 Å². The highest BCUT2D eigenvalue weighted by molar-refractivity contribution is 7.80. The maximum atomic E-state index is 13.0. The second-order valence-electron chi connectivity index (χ2n) is 7.73. The van der Waals surface area contributed by atoms with E-state index in [1.165, 1.54) is 32.9 Å². The van der Waals surface area contributed by atoms with E-state index in [2.05, 4.69) is 10.2 Å². The van der Waals surface area contributed by atoms with Gasteiger partial charge in [-0.1, -0.05) is 12.1 Å². The first-order valence-corrected chi connectivity index (χ1v) is 10.5. The molecule has 2 aromatic carbocycles. The highest BCUT2D eigenvalue weighted by Gasteiger charge is 2.34. The van der Waals surface area contributed by atoms with Gasteiger partial charge in [-0.05, 0) is 74.4 Å². The quantitative estimate of drug-likeness (QED) is 0.445. The molecule has 0 bridgehead atoms. The molecule has 1 aliphatic rings. The number of thiocarbonyl (C=S) groups is 1. The van der Waals surface area contributed by atoms with Crippen molar-refractivity contribution in [2.75, 3.05) is 11.4 Å². The summed E-state index contributed by atoms with van der Waals surface area (Å²) >= 11 is 5.40. The Labute approximate surface area is 194 Å². The summed E-state index contributed by atoms with van der Waals surface area (Å²) in [5, 5.41) is 17.9. The molecule has 1 fully saturated rings. The molecule has 0 unspecified atom stereocenters. The van der Waals surface area contributed by atoms with Crippen LogP contribution in [-0.2, 0) is 4.79 Å². The van der Waals surface area contributed by atoms with Gasteiger partial charge in [-0.2, -0.15) is 5.10 Å². The molecule has 0 spiro atoms. The van der Waals surface area contributed by atoms with Crippen LogP contribution in [0.3, 0.4) is 0 Å². The summed E-state index contributed by atoms with van der Waals surface area (Å²) in [5.41, 5.74) is 3.97. The van der Waals surface area contributed by atoms with Gasteiger partial charge in [0, 0.05) is 5.69 Å². The molecule has 9 nitrogen and oxygen atoms in total. The Balaban J connectivity index is 1.61. The predicted molar refractivity (Wildman–Crippen MR) is 128 cm³/mol. The number of amides is 1. The third-order valence-electron chi connectivity index (χ3n) is 5.49. The van der Waals surface area contributed by atoms with Crippen molar-refractivity contribution in [3.63, 3.8) is 0 Å². The molecule has 4 rings (SSSR count). The van der Waals surface area contributed by atoms with Crippen LogP contribution in [-0.4, -0.2) is 49.6 Å². The van der Waals surface area contributed by atoms with E-state index >= 15 is 0 Å². The number of nitrogens with one attached hydrogen (secondary N) is 1. The highest BCUT2D eigenvalue weighted by Crippen LogP contribution is 2.23. The summed E-state index contributed by atoms with van der Waals surface area (Å²) in [6, 6.07) is 11.7. The Morgan fingerprint density at radius 1 is 1.09 bits per heavy atom. The van der Waals surface area contributed by atoms with Crippen molar-refractivity contribution in [1.82, 2.24) is 14.8 Å². The van der Waals surface area contributed by atoms with E-state index in [0.29, 0.717) is 22.6 Å². The van der Waals surface area contributed by atoms with Gasteiger partial charge in [-0.3, -0.25) is 19.6 Å². The second kappa shape index (κ2) is 8.47. The van der Waals surface area contributed by atoms with Gasteiger partial charge in [0.05, 0.1) is 28.7 Å². The summed E-state index contributed by atoms with van der Waals surface area (Å²) in [4.78, 5) is 38.0. The van der Waals surface area contributed by atoms with E-state index < -0.39 is 5.97 Å². The fourth-order valence-electron chi connectivity index (χ4n) is 3.50. The molecule has 0 aliphatic carbocycles. The molecule has 1 aromatic heterocycles. The third kappa shape index (κ3) is 4.08. The summed E-state index contributed by atoms with van der Waals surface area (Å²) in [7, 11) is 0. The number of hydrogen-bond acceptors (Lipinski definition) is 5. The number of aromatic nitrogens is 2. The standard InChI is InChI=1S/C23H21N5O4S/c1-13-7-8-18(9-14(13)2)28-21(30)19(15(3)25-28)11-24-26-12-20(29)27(23(26)33)17-6-4-5-16(10-17)22(31)32/h4-11,25H,12H2,1-3H3,(H,31,32)/b24-11+. The summed E-state index contributed by atoms with van der Waals surface area (Å²) in [6.07, 6.45) is 1.38. The number of aromatic amines is 1. The number of carboxylic acids is 1. The molecule has 1 aliphatic heterocycles. The normalized spacial score (nSPS) is 14.0. The van der Waals surface area contributed by atoms with Crippen molar-refractivity contribution in [2.24, 2.45) is 5.10 Å². The Morgan fingerprint density at radius 3 is 2.55 bits per heavy atom. The van der Waals surface area contributed by atoms with Crippen LogP contribution in [0.5, 0.6) is 0 Å². The zero-order valence-corrected chi connectivity index (χ0v) is 19.0. The number of hydrazone groups is 1. The van der Waals surface area contributed by atoms with E-state index in [0.717, 1.165) is 11.1 Å². The molecule has 168 valence electrons. The van der Waals surface area contributed by atoms with Crippen molar-refractivity contribution < 1.29 is 14.7 Å². The SMILES string of the molecule is Cc1ccc(-n2[nH]c(C)c(/C=N/N3CC(=O)N(c4cccc(C(=O)O)c4)C3=S)c2=O)cc1C. The lowest BCUT2D eigenvalue weighted by Gasteiger charge is -2.17.